The highest BCUT2D eigenvalue weighted by Crippen LogP contribution is 2.32. The van der Waals surface area contributed by atoms with Gasteiger partial charge in [-0.3, -0.25) is 11.3 Å². The average molecular weight is 344 g/mol. The van der Waals surface area contributed by atoms with Gasteiger partial charge in [0.1, 0.15) is 0 Å². The Morgan fingerprint density at radius 3 is 2.62 bits per heavy atom. The summed E-state index contributed by atoms with van der Waals surface area (Å²) in [4.78, 5) is 4.69. The van der Waals surface area contributed by atoms with E-state index in [0.717, 1.165) is 16.3 Å². The molecule has 21 heavy (non-hydrogen) atoms. The maximum Gasteiger partial charge on any atom is 0.0948 e. The summed E-state index contributed by atoms with van der Waals surface area (Å²) >= 11 is 14.0. The Hall–Kier alpha value is -0.650. The Balaban J connectivity index is 2.23. The summed E-state index contributed by atoms with van der Waals surface area (Å²) in [5.74, 6) is 5.69. The molecule has 0 saturated carbocycles. The number of nitrogens with one attached hydrogen (secondary N) is 1. The predicted octanol–water partition coefficient (Wildman–Crippen LogP) is 4.49. The van der Waals surface area contributed by atoms with E-state index in [1.807, 2.05) is 12.1 Å². The van der Waals surface area contributed by atoms with E-state index in [9.17, 15) is 0 Å². The normalized spacial score (nSPS) is 13.4. The van der Waals surface area contributed by atoms with Gasteiger partial charge in [0.15, 0.2) is 0 Å². The van der Waals surface area contributed by atoms with Crippen LogP contribution in [0.2, 0.25) is 10.0 Å². The Morgan fingerprint density at radius 1 is 1.33 bits per heavy atom. The molecule has 1 heterocycles. The molecule has 2 aromatic rings. The third kappa shape index (κ3) is 3.96. The van der Waals surface area contributed by atoms with Crippen molar-refractivity contribution in [3.63, 3.8) is 0 Å². The number of halogens is 2. The number of nitrogens with two attached hydrogens (primary N) is 1. The number of hydrogen-bond donors (Lipinski definition) is 2. The second-order valence-electron chi connectivity index (χ2n) is 5.94. The van der Waals surface area contributed by atoms with Crippen molar-refractivity contribution in [2.75, 3.05) is 0 Å². The van der Waals surface area contributed by atoms with E-state index >= 15 is 0 Å². The van der Waals surface area contributed by atoms with Crippen LogP contribution in [0.1, 0.15) is 43.1 Å². The van der Waals surface area contributed by atoms with Gasteiger partial charge in [-0.15, -0.1) is 11.3 Å². The molecule has 0 aliphatic carbocycles. The van der Waals surface area contributed by atoms with Crippen molar-refractivity contribution in [3.8, 4) is 0 Å². The van der Waals surface area contributed by atoms with Crippen LogP contribution in [0.4, 0.5) is 0 Å². The summed E-state index contributed by atoms with van der Waals surface area (Å²) in [6.45, 7) is 6.45. The average Bonchev–Trinajstić information content (AvgIpc) is 2.88. The quantitative estimate of drug-likeness (QED) is 0.634. The third-order valence-electron chi connectivity index (χ3n) is 3.26. The van der Waals surface area contributed by atoms with Crippen LogP contribution >= 0.6 is 34.5 Å². The molecule has 1 unspecified atom stereocenters. The zero-order valence-corrected chi connectivity index (χ0v) is 14.6. The monoisotopic (exact) mass is 343 g/mol. The van der Waals surface area contributed by atoms with Crippen LogP contribution < -0.4 is 11.3 Å². The van der Waals surface area contributed by atoms with Crippen molar-refractivity contribution in [3.05, 3.63) is 49.9 Å². The highest BCUT2D eigenvalue weighted by atomic mass is 35.5. The largest absolute Gasteiger partial charge is 0.271 e. The Labute approximate surface area is 139 Å². The van der Waals surface area contributed by atoms with Crippen molar-refractivity contribution < 1.29 is 0 Å². The predicted molar refractivity (Wildman–Crippen MR) is 91.0 cm³/mol. The molecule has 3 nitrogen and oxygen atoms in total. The molecule has 3 N–H and O–H groups in total. The summed E-state index contributed by atoms with van der Waals surface area (Å²) in [7, 11) is 0. The lowest BCUT2D eigenvalue weighted by atomic mass is 9.93. The van der Waals surface area contributed by atoms with Gasteiger partial charge in [0.05, 0.1) is 26.8 Å². The van der Waals surface area contributed by atoms with Crippen LogP contribution in [-0.4, -0.2) is 4.98 Å². The van der Waals surface area contributed by atoms with Gasteiger partial charge >= 0.3 is 0 Å². The van der Waals surface area contributed by atoms with Crippen molar-refractivity contribution in [1.82, 2.24) is 10.4 Å². The minimum atomic E-state index is -0.116. The topological polar surface area (TPSA) is 50.9 Å². The molecule has 0 aliphatic rings. The molecule has 1 aromatic carbocycles. The van der Waals surface area contributed by atoms with E-state index in [0.29, 0.717) is 16.5 Å². The van der Waals surface area contributed by atoms with Crippen molar-refractivity contribution in [2.45, 2.75) is 38.6 Å². The lowest BCUT2D eigenvalue weighted by molar-refractivity contribution is 0.541. The van der Waals surface area contributed by atoms with Crippen molar-refractivity contribution >= 4 is 34.5 Å². The molecule has 114 valence electrons. The molecule has 6 heteroatoms. The smallest absolute Gasteiger partial charge is 0.0948 e. The standard InChI is InChI=1S/C15H19Cl2N3S/c1-15(2,3)12-8-21-13(19-12)7-11(20-18)9-5-4-6-10(16)14(9)17/h4-6,8,11,20H,7,18H2,1-3H3. The van der Waals surface area contributed by atoms with Crippen LogP contribution in [-0.2, 0) is 11.8 Å². The molecule has 0 spiro atoms. The maximum atomic E-state index is 6.27. The minimum Gasteiger partial charge on any atom is -0.271 e. The van der Waals surface area contributed by atoms with Crippen LogP contribution in [0.15, 0.2) is 23.6 Å². The van der Waals surface area contributed by atoms with Crippen LogP contribution in [0, 0.1) is 0 Å². The molecule has 0 amide bonds. The Kier molecular flexibility index (Phi) is 5.28. The molecule has 0 bridgehead atoms. The van der Waals surface area contributed by atoms with Gasteiger partial charge in [0.2, 0.25) is 0 Å². The summed E-state index contributed by atoms with van der Waals surface area (Å²) in [5, 5.41) is 4.19. The molecule has 1 aromatic heterocycles. The summed E-state index contributed by atoms with van der Waals surface area (Å²) in [6, 6.07) is 5.45. The van der Waals surface area contributed by atoms with E-state index in [1.54, 1.807) is 17.4 Å². The van der Waals surface area contributed by atoms with Gasteiger partial charge in [-0.2, -0.15) is 0 Å². The fourth-order valence-electron chi connectivity index (χ4n) is 1.97. The number of nitrogens with zero attached hydrogens (tertiary/aromatic N) is 1. The fourth-order valence-corrected chi connectivity index (χ4v) is 3.48. The second kappa shape index (κ2) is 6.63. The van der Waals surface area contributed by atoms with Gasteiger partial charge in [-0.1, -0.05) is 56.1 Å². The first kappa shape index (κ1) is 16.7. The molecule has 1 atom stereocenters. The van der Waals surface area contributed by atoms with E-state index in [4.69, 9.17) is 34.0 Å². The van der Waals surface area contributed by atoms with Crippen molar-refractivity contribution in [2.24, 2.45) is 5.84 Å². The van der Waals surface area contributed by atoms with Crippen LogP contribution in [0.25, 0.3) is 0 Å². The molecular weight excluding hydrogens is 325 g/mol. The first-order valence-electron chi connectivity index (χ1n) is 6.68. The number of hydrogen-bond acceptors (Lipinski definition) is 4. The van der Waals surface area contributed by atoms with E-state index < -0.39 is 0 Å². The zero-order valence-electron chi connectivity index (χ0n) is 12.3. The fraction of sp³-hybridized carbons (Fsp3) is 0.400. The van der Waals surface area contributed by atoms with Gasteiger partial charge in [0, 0.05) is 17.2 Å². The summed E-state index contributed by atoms with van der Waals surface area (Å²) in [6.07, 6.45) is 0.678. The highest BCUT2D eigenvalue weighted by molar-refractivity contribution is 7.09. The Bertz CT molecular complexity index is 620. The van der Waals surface area contributed by atoms with Crippen LogP contribution in [0.5, 0.6) is 0 Å². The molecule has 0 saturated heterocycles. The molecule has 0 fully saturated rings. The minimum absolute atomic E-state index is 0.0497. The lowest BCUT2D eigenvalue weighted by Gasteiger charge is -2.17. The highest BCUT2D eigenvalue weighted by Gasteiger charge is 2.20. The molecule has 2 rings (SSSR count). The van der Waals surface area contributed by atoms with E-state index in [2.05, 4.69) is 31.6 Å². The van der Waals surface area contributed by atoms with Crippen LogP contribution in [0.3, 0.4) is 0 Å². The second-order valence-corrected chi connectivity index (χ2v) is 7.67. The number of hydrazine groups is 1. The summed E-state index contributed by atoms with van der Waals surface area (Å²) < 4.78 is 0. The molecule has 0 radical (unpaired) electrons. The third-order valence-corrected chi connectivity index (χ3v) is 4.96. The van der Waals surface area contributed by atoms with Gasteiger partial charge in [0.25, 0.3) is 0 Å². The molecule has 0 aliphatic heterocycles. The van der Waals surface area contributed by atoms with E-state index in [-0.39, 0.29) is 11.5 Å². The summed E-state index contributed by atoms with van der Waals surface area (Å²) in [5.41, 5.74) is 4.84. The van der Waals surface area contributed by atoms with Gasteiger partial charge in [-0.05, 0) is 11.6 Å². The molecular formula is C15H19Cl2N3S. The zero-order chi connectivity index (χ0) is 15.6. The maximum absolute atomic E-state index is 6.27. The van der Waals surface area contributed by atoms with Crippen molar-refractivity contribution in [1.29, 1.82) is 0 Å². The SMILES string of the molecule is CC(C)(C)c1csc(CC(NN)c2cccc(Cl)c2Cl)n1. The van der Waals surface area contributed by atoms with E-state index in [1.165, 1.54) is 0 Å². The number of rotatable bonds is 4. The first-order valence-corrected chi connectivity index (χ1v) is 8.31. The lowest BCUT2D eigenvalue weighted by Crippen LogP contribution is -2.29. The number of thiazole rings is 1. The Morgan fingerprint density at radius 2 is 2.05 bits per heavy atom. The number of benzene rings is 1. The van der Waals surface area contributed by atoms with Gasteiger partial charge < -0.3 is 0 Å². The van der Waals surface area contributed by atoms with Gasteiger partial charge in [-0.25, -0.2) is 4.98 Å². The number of aromatic nitrogens is 1. The first-order chi connectivity index (χ1) is 9.82.